The van der Waals surface area contributed by atoms with Gasteiger partial charge in [-0.05, 0) is 25.7 Å². The minimum atomic E-state index is 0.259. The van der Waals surface area contributed by atoms with Gasteiger partial charge >= 0.3 is 0 Å². The quantitative estimate of drug-likeness (QED) is 0.214. The average molecular weight is 368 g/mol. The lowest BCUT2D eigenvalue weighted by Crippen LogP contribution is -2.37. The van der Waals surface area contributed by atoms with Crippen molar-refractivity contribution in [3.05, 3.63) is 0 Å². The van der Waals surface area contributed by atoms with Crippen LogP contribution in [0.3, 0.4) is 0 Å². The third kappa shape index (κ3) is 13.6. The van der Waals surface area contributed by atoms with Gasteiger partial charge in [-0.3, -0.25) is 4.79 Å². The predicted molar refractivity (Wildman–Crippen MR) is 117 cm³/mol. The van der Waals surface area contributed by atoms with Crippen LogP contribution >= 0.6 is 0 Å². The van der Waals surface area contributed by atoms with E-state index in [0.717, 1.165) is 25.9 Å². The van der Waals surface area contributed by atoms with Gasteiger partial charge in [0.2, 0.25) is 5.91 Å². The molecule has 0 aromatic rings. The highest BCUT2D eigenvalue weighted by Gasteiger charge is 2.21. The molecule has 0 aliphatic rings. The lowest BCUT2D eigenvalue weighted by atomic mass is 9.97. The van der Waals surface area contributed by atoms with E-state index in [4.69, 9.17) is 0 Å². The fourth-order valence-corrected chi connectivity index (χ4v) is 3.71. The Balaban J connectivity index is 4.33. The summed E-state index contributed by atoms with van der Waals surface area (Å²) in [4.78, 5) is 15.3. The smallest absolute Gasteiger partial charge is 0.225 e. The summed E-state index contributed by atoms with van der Waals surface area (Å²) in [5.41, 5.74) is 0. The molecule has 0 heterocycles. The van der Waals surface area contributed by atoms with Crippen molar-refractivity contribution >= 4 is 5.91 Å². The number of hydrogen-bond donors (Lipinski definition) is 0. The van der Waals surface area contributed by atoms with E-state index < -0.39 is 0 Å². The summed E-state index contributed by atoms with van der Waals surface area (Å²) in [6.45, 7) is 10.9. The molecular weight excluding hydrogens is 318 g/mol. The van der Waals surface area contributed by atoms with E-state index in [1.54, 1.807) is 0 Å². The van der Waals surface area contributed by atoms with Gasteiger partial charge < -0.3 is 4.90 Å². The Morgan fingerprint density at radius 2 is 1.04 bits per heavy atom. The highest BCUT2D eigenvalue weighted by Crippen LogP contribution is 2.18. The molecule has 0 saturated carbocycles. The van der Waals surface area contributed by atoms with Gasteiger partial charge in [0.15, 0.2) is 0 Å². The van der Waals surface area contributed by atoms with E-state index in [1.165, 1.54) is 89.9 Å². The number of carbonyl (C=O) groups is 1. The molecular formula is C24H49NO. The molecule has 2 heteroatoms. The van der Waals surface area contributed by atoms with E-state index in [0.29, 0.717) is 5.91 Å². The molecule has 0 bridgehead atoms. The molecule has 156 valence electrons. The highest BCUT2D eigenvalue weighted by atomic mass is 16.2. The molecule has 1 unspecified atom stereocenters. The van der Waals surface area contributed by atoms with Gasteiger partial charge in [0, 0.05) is 19.0 Å². The minimum absolute atomic E-state index is 0.259. The molecule has 2 nitrogen and oxygen atoms in total. The topological polar surface area (TPSA) is 20.3 Å². The summed E-state index contributed by atoms with van der Waals surface area (Å²) < 4.78 is 0. The maximum absolute atomic E-state index is 13.0. The molecule has 0 aliphatic heterocycles. The van der Waals surface area contributed by atoms with Crippen molar-refractivity contribution in [3.63, 3.8) is 0 Å². The zero-order chi connectivity index (χ0) is 19.5. The first-order valence-corrected chi connectivity index (χ1v) is 12.0. The Morgan fingerprint density at radius 3 is 1.46 bits per heavy atom. The van der Waals surface area contributed by atoms with Gasteiger partial charge in [-0.2, -0.15) is 0 Å². The monoisotopic (exact) mass is 367 g/mol. The second-order valence-electron chi connectivity index (χ2n) is 8.11. The first kappa shape index (κ1) is 25.5. The van der Waals surface area contributed by atoms with Crippen LogP contribution in [0.2, 0.25) is 0 Å². The van der Waals surface area contributed by atoms with Crippen LogP contribution in [0, 0.1) is 5.92 Å². The van der Waals surface area contributed by atoms with Crippen LogP contribution < -0.4 is 0 Å². The molecule has 0 spiro atoms. The molecule has 1 atom stereocenters. The Hall–Kier alpha value is -0.530. The van der Waals surface area contributed by atoms with Crippen molar-refractivity contribution in [3.8, 4) is 0 Å². The molecule has 0 aromatic carbocycles. The Labute approximate surface area is 165 Å². The summed E-state index contributed by atoms with van der Waals surface area (Å²) in [5.74, 6) is 0.707. The molecule has 0 aromatic heterocycles. The molecule has 0 saturated heterocycles. The van der Waals surface area contributed by atoms with Crippen molar-refractivity contribution < 1.29 is 4.79 Å². The molecule has 26 heavy (non-hydrogen) atoms. The lowest BCUT2D eigenvalue weighted by molar-refractivity contribution is -0.136. The summed E-state index contributed by atoms with van der Waals surface area (Å²) in [6, 6.07) is 0. The van der Waals surface area contributed by atoms with Gasteiger partial charge in [-0.25, -0.2) is 0 Å². The second kappa shape index (κ2) is 19.2. The lowest BCUT2D eigenvalue weighted by Gasteiger charge is -2.27. The highest BCUT2D eigenvalue weighted by molar-refractivity contribution is 5.78. The van der Waals surface area contributed by atoms with E-state index in [9.17, 15) is 4.79 Å². The van der Waals surface area contributed by atoms with Crippen LogP contribution in [-0.4, -0.2) is 23.9 Å². The fraction of sp³-hybridized carbons (Fsp3) is 0.958. The number of unbranched alkanes of at least 4 members (excludes halogenated alkanes) is 11. The fourth-order valence-electron chi connectivity index (χ4n) is 3.71. The summed E-state index contributed by atoms with van der Waals surface area (Å²) in [7, 11) is 0. The van der Waals surface area contributed by atoms with Gasteiger partial charge in [-0.15, -0.1) is 0 Å². The molecule has 0 N–H and O–H groups in total. The van der Waals surface area contributed by atoms with Crippen molar-refractivity contribution in [1.82, 2.24) is 4.90 Å². The third-order valence-corrected chi connectivity index (χ3v) is 5.62. The maximum atomic E-state index is 13.0. The SMILES string of the molecule is CCCCCCCCN(CCCCCCCC)C(=O)C(CC)CCCC. The molecule has 0 aliphatic carbocycles. The number of rotatable bonds is 19. The number of amides is 1. The Bertz CT molecular complexity index is 287. The zero-order valence-corrected chi connectivity index (χ0v) is 18.7. The van der Waals surface area contributed by atoms with E-state index in [1.807, 2.05) is 0 Å². The first-order chi connectivity index (χ1) is 12.7. The summed E-state index contributed by atoms with van der Waals surface area (Å²) in [6.07, 6.45) is 20.1. The van der Waals surface area contributed by atoms with Crippen molar-refractivity contribution in [2.45, 2.75) is 130 Å². The first-order valence-electron chi connectivity index (χ1n) is 12.0. The Morgan fingerprint density at radius 1 is 0.615 bits per heavy atom. The van der Waals surface area contributed by atoms with Crippen LogP contribution in [-0.2, 0) is 4.79 Å². The van der Waals surface area contributed by atoms with Crippen LogP contribution in [0.4, 0.5) is 0 Å². The van der Waals surface area contributed by atoms with Crippen LogP contribution in [0.5, 0.6) is 0 Å². The summed E-state index contributed by atoms with van der Waals surface area (Å²) >= 11 is 0. The average Bonchev–Trinajstić information content (AvgIpc) is 2.65. The van der Waals surface area contributed by atoms with E-state index in [-0.39, 0.29) is 5.92 Å². The Kier molecular flexibility index (Phi) is 18.8. The standard InChI is InChI=1S/C24H49NO/c1-5-9-12-14-16-18-21-25(22-19-17-15-13-10-6-2)24(26)23(8-4)20-11-7-3/h23H,5-22H2,1-4H3. The molecule has 0 radical (unpaired) electrons. The van der Waals surface area contributed by atoms with Crippen molar-refractivity contribution in [2.24, 2.45) is 5.92 Å². The van der Waals surface area contributed by atoms with Crippen LogP contribution in [0.15, 0.2) is 0 Å². The van der Waals surface area contributed by atoms with E-state index in [2.05, 4.69) is 32.6 Å². The maximum Gasteiger partial charge on any atom is 0.225 e. The second-order valence-corrected chi connectivity index (χ2v) is 8.11. The van der Waals surface area contributed by atoms with Gasteiger partial charge in [-0.1, -0.05) is 105 Å². The normalized spacial score (nSPS) is 12.3. The van der Waals surface area contributed by atoms with E-state index >= 15 is 0 Å². The van der Waals surface area contributed by atoms with Crippen LogP contribution in [0.25, 0.3) is 0 Å². The van der Waals surface area contributed by atoms with Gasteiger partial charge in [0.25, 0.3) is 0 Å². The largest absolute Gasteiger partial charge is 0.342 e. The predicted octanol–water partition coefficient (Wildman–Crippen LogP) is 7.75. The van der Waals surface area contributed by atoms with Crippen LogP contribution in [0.1, 0.15) is 130 Å². The molecule has 0 fully saturated rings. The van der Waals surface area contributed by atoms with Crippen molar-refractivity contribution in [1.29, 1.82) is 0 Å². The van der Waals surface area contributed by atoms with Gasteiger partial charge in [0.1, 0.15) is 0 Å². The summed E-state index contributed by atoms with van der Waals surface area (Å²) in [5, 5.41) is 0. The van der Waals surface area contributed by atoms with Gasteiger partial charge in [0.05, 0.1) is 0 Å². The zero-order valence-electron chi connectivity index (χ0n) is 18.7. The molecule has 0 rings (SSSR count). The minimum Gasteiger partial charge on any atom is -0.342 e. The number of nitrogens with zero attached hydrogens (tertiary/aromatic N) is 1. The third-order valence-electron chi connectivity index (χ3n) is 5.62. The number of hydrogen-bond acceptors (Lipinski definition) is 1. The van der Waals surface area contributed by atoms with Crippen molar-refractivity contribution in [2.75, 3.05) is 13.1 Å². The molecule has 1 amide bonds. The number of carbonyl (C=O) groups excluding carboxylic acids is 1.